The summed E-state index contributed by atoms with van der Waals surface area (Å²) in [7, 11) is 1.55. The molecular weight excluding hydrogens is 564 g/mol. The third-order valence-electron chi connectivity index (χ3n) is 8.52. The summed E-state index contributed by atoms with van der Waals surface area (Å²) in [4.78, 5) is 48.5. The minimum Gasteiger partial charge on any atom is -0.494 e. The van der Waals surface area contributed by atoms with Gasteiger partial charge in [-0.1, -0.05) is 102 Å². The summed E-state index contributed by atoms with van der Waals surface area (Å²) in [6.07, 6.45) is 14.0. The van der Waals surface area contributed by atoms with Gasteiger partial charge in [0.05, 0.1) is 22.5 Å². The van der Waals surface area contributed by atoms with E-state index in [0.29, 0.717) is 39.2 Å². The molecule has 0 fully saturated rings. The highest BCUT2D eigenvalue weighted by Gasteiger charge is 2.34. The number of aromatic nitrogens is 1. The van der Waals surface area contributed by atoms with Gasteiger partial charge >= 0.3 is 0 Å². The van der Waals surface area contributed by atoms with E-state index in [4.69, 9.17) is 0 Å². The Labute approximate surface area is 267 Å². The molecule has 0 atom stereocenters. The van der Waals surface area contributed by atoms with Gasteiger partial charge in [-0.25, -0.2) is 4.99 Å². The van der Waals surface area contributed by atoms with E-state index >= 15 is 0 Å². The van der Waals surface area contributed by atoms with E-state index in [1.54, 1.807) is 37.4 Å². The molecule has 0 radical (unpaired) electrons. The first-order chi connectivity index (χ1) is 21.9. The number of benzene rings is 2. The molecule has 1 aromatic heterocycles. The molecule has 240 valence electrons. The first-order valence-electron chi connectivity index (χ1n) is 16.7. The Morgan fingerprint density at radius 3 is 1.96 bits per heavy atom. The Hall–Kier alpha value is -4.20. The molecule has 0 unspecified atom stereocenters. The summed E-state index contributed by atoms with van der Waals surface area (Å²) in [6, 6.07) is 14.0. The van der Waals surface area contributed by atoms with Gasteiger partial charge in [-0.05, 0) is 42.7 Å². The van der Waals surface area contributed by atoms with Crippen LogP contribution in [0.3, 0.4) is 0 Å². The lowest BCUT2D eigenvalue weighted by atomic mass is 9.98. The summed E-state index contributed by atoms with van der Waals surface area (Å²) in [5, 5.41) is 13.6. The molecule has 0 saturated heterocycles. The number of carbonyl (C=O) groups excluding carboxylic acids is 3. The van der Waals surface area contributed by atoms with Crippen LogP contribution < -0.4 is 5.32 Å². The van der Waals surface area contributed by atoms with E-state index in [2.05, 4.69) is 29.1 Å². The van der Waals surface area contributed by atoms with Crippen LogP contribution in [0.25, 0.3) is 11.3 Å². The summed E-state index contributed by atoms with van der Waals surface area (Å²) in [6.45, 7) is 5.89. The van der Waals surface area contributed by atoms with Crippen molar-refractivity contribution in [1.29, 1.82) is 0 Å². The monoisotopic (exact) mass is 612 g/mol. The van der Waals surface area contributed by atoms with Crippen LogP contribution in [-0.4, -0.2) is 58.6 Å². The quantitative estimate of drug-likeness (QED) is 0.127. The number of hydrogen-bond acceptors (Lipinski definition) is 4. The van der Waals surface area contributed by atoms with Gasteiger partial charge in [-0.15, -0.1) is 0 Å². The molecule has 0 saturated carbocycles. The fourth-order valence-corrected chi connectivity index (χ4v) is 5.99. The van der Waals surface area contributed by atoms with Gasteiger partial charge in [0, 0.05) is 36.8 Å². The molecule has 1 aliphatic rings. The number of rotatable bonds is 18. The van der Waals surface area contributed by atoms with Crippen LogP contribution in [0.4, 0.5) is 0 Å². The van der Waals surface area contributed by atoms with Gasteiger partial charge in [-0.3, -0.25) is 14.4 Å². The molecule has 3 aromatic rings. The van der Waals surface area contributed by atoms with Crippen molar-refractivity contribution in [3.05, 3.63) is 76.3 Å². The second-order valence-electron chi connectivity index (χ2n) is 11.9. The number of nitrogens with zero attached hydrogens (tertiary/aromatic N) is 2. The van der Waals surface area contributed by atoms with Gasteiger partial charge in [0.1, 0.15) is 0 Å². The van der Waals surface area contributed by atoms with Gasteiger partial charge < -0.3 is 20.3 Å². The summed E-state index contributed by atoms with van der Waals surface area (Å²) in [5.74, 6) is -0.939. The average molecular weight is 613 g/mol. The minimum absolute atomic E-state index is 0.0133. The number of aromatic hydroxyl groups is 1. The third kappa shape index (κ3) is 8.50. The average Bonchev–Trinajstić information content (AvgIpc) is 3.60. The van der Waals surface area contributed by atoms with Gasteiger partial charge in [-0.2, -0.15) is 0 Å². The summed E-state index contributed by atoms with van der Waals surface area (Å²) >= 11 is 0. The maximum atomic E-state index is 13.9. The SMILES string of the molecule is CCCCCCCCN(CCCCCCCC)C(=O)c1cccc(-c2[nH]c(O)c3c2C(=O)N=C3c2cccc(C(=O)NC)c2)c1. The number of amides is 3. The summed E-state index contributed by atoms with van der Waals surface area (Å²) < 4.78 is 0. The highest BCUT2D eigenvalue weighted by Crippen LogP contribution is 2.38. The zero-order valence-corrected chi connectivity index (χ0v) is 27.1. The van der Waals surface area contributed by atoms with Crippen molar-refractivity contribution in [2.45, 2.75) is 90.9 Å². The lowest BCUT2D eigenvalue weighted by Crippen LogP contribution is -2.33. The first-order valence-corrected chi connectivity index (χ1v) is 16.7. The standard InChI is InChI=1S/C37H48N4O4/c1-4-6-8-10-12-14-22-41(23-15-13-11-9-7-5-2)37(45)29-21-17-19-27(25-29)33-31-30(35(43)40-33)32(39-36(31)44)26-18-16-20-28(24-26)34(42)38-3/h16-21,24-25,40,43H,4-15,22-23H2,1-3H3,(H,38,42). The number of fused-ring (bicyclic) bond motifs is 1. The van der Waals surface area contributed by atoms with E-state index in [-0.39, 0.29) is 23.3 Å². The van der Waals surface area contributed by atoms with Crippen molar-refractivity contribution in [3.63, 3.8) is 0 Å². The van der Waals surface area contributed by atoms with Crippen LogP contribution in [0.15, 0.2) is 53.5 Å². The van der Waals surface area contributed by atoms with Crippen molar-refractivity contribution in [2.24, 2.45) is 4.99 Å². The van der Waals surface area contributed by atoms with Crippen molar-refractivity contribution < 1.29 is 19.5 Å². The molecule has 3 amide bonds. The first kappa shape index (κ1) is 33.7. The van der Waals surface area contributed by atoms with E-state index in [1.165, 1.54) is 51.4 Å². The second kappa shape index (κ2) is 16.8. The van der Waals surface area contributed by atoms with Gasteiger partial charge in [0.25, 0.3) is 17.7 Å². The molecular formula is C37H48N4O4. The topological polar surface area (TPSA) is 115 Å². The van der Waals surface area contributed by atoms with Crippen LogP contribution in [-0.2, 0) is 0 Å². The van der Waals surface area contributed by atoms with Crippen LogP contribution >= 0.6 is 0 Å². The van der Waals surface area contributed by atoms with Crippen LogP contribution in [0.5, 0.6) is 5.88 Å². The molecule has 45 heavy (non-hydrogen) atoms. The Morgan fingerprint density at radius 1 is 0.778 bits per heavy atom. The highest BCUT2D eigenvalue weighted by atomic mass is 16.3. The minimum atomic E-state index is -0.485. The molecule has 0 bridgehead atoms. The van der Waals surface area contributed by atoms with Gasteiger partial charge in [0.2, 0.25) is 0 Å². The highest BCUT2D eigenvalue weighted by molar-refractivity contribution is 6.30. The Kier molecular flexibility index (Phi) is 12.5. The normalized spacial score (nSPS) is 12.2. The fraction of sp³-hybridized carbons (Fsp3) is 0.459. The summed E-state index contributed by atoms with van der Waals surface area (Å²) in [5.41, 5.74) is 3.43. The number of nitrogens with one attached hydrogen (secondary N) is 2. The Bertz CT molecular complexity index is 1490. The number of carbonyl (C=O) groups is 3. The van der Waals surface area contributed by atoms with Crippen molar-refractivity contribution >= 4 is 23.4 Å². The fourth-order valence-electron chi connectivity index (χ4n) is 5.99. The van der Waals surface area contributed by atoms with Crippen molar-refractivity contribution in [2.75, 3.05) is 20.1 Å². The van der Waals surface area contributed by atoms with Crippen molar-refractivity contribution in [3.8, 4) is 17.1 Å². The number of aromatic amines is 1. The molecule has 4 rings (SSSR count). The van der Waals surface area contributed by atoms with Gasteiger partial charge in [0.15, 0.2) is 5.88 Å². The van der Waals surface area contributed by atoms with Crippen molar-refractivity contribution in [1.82, 2.24) is 15.2 Å². The zero-order valence-electron chi connectivity index (χ0n) is 27.1. The van der Waals surface area contributed by atoms with Crippen LogP contribution in [0.2, 0.25) is 0 Å². The maximum Gasteiger partial charge on any atom is 0.280 e. The number of hydrogen-bond donors (Lipinski definition) is 3. The van der Waals surface area contributed by atoms with Crippen LogP contribution in [0, 0.1) is 0 Å². The molecule has 0 aliphatic carbocycles. The Balaban J connectivity index is 1.55. The smallest absolute Gasteiger partial charge is 0.280 e. The molecule has 1 aliphatic heterocycles. The largest absolute Gasteiger partial charge is 0.494 e. The lowest BCUT2D eigenvalue weighted by Gasteiger charge is -2.23. The third-order valence-corrected chi connectivity index (χ3v) is 8.52. The van der Waals surface area contributed by atoms with E-state index < -0.39 is 5.91 Å². The molecule has 2 aromatic carbocycles. The second-order valence-corrected chi connectivity index (χ2v) is 11.9. The molecule has 3 N–H and O–H groups in total. The molecule has 0 spiro atoms. The number of H-pyrrole nitrogens is 1. The predicted molar refractivity (Wildman–Crippen MR) is 180 cm³/mol. The maximum absolute atomic E-state index is 13.9. The van der Waals surface area contributed by atoms with E-state index in [1.807, 2.05) is 23.1 Å². The number of unbranched alkanes of at least 4 members (excludes halogenated alkanes) is 10. The number of aliphatic imine (C=N–C) groups is 1. The predicted octanol–water partition coefficient (Wildman–Crippen LogP) is 7.90. The Morgan fingerprint density at radius 2 is 1.33 bits per heavy atom. The van der Waals surface area contributed by atoms with Crippen LogP contribution in [0.1, 0.15) is 133 Å². The van der Waals surface area contributed by atoms with E-state index in [9.17, 15) is 19.5 Å². The molecule has 8 nitrogen and oxygen atoms in total. The molecule has 8 heteroatoms. The zero-order chi connectivity index (χ0) is 32.2. The van der Waals surface area contributed by atoms with E-state index in [0.717, 1.165) is 38.8 Å². The lowest BCUT2D eigenvalue weighted by molar-refractivity contribution is 0.0748. The molecule has 2 heterocycles.